The van der Waals surface area contributed by atoms with Gasteiger partial charge in [0.25, 0.3) is 0 Å². The summed E-state index contributed by atoms with van der Waals surface area (Å²) in [6, 6.07) is 17.6. The average Bonchev–Trinajstić information content (AvgIpc) is 3.54. The molecule has 0 spiro atoms. The maximum atomic E-state index is 13.5. The first kappa shape index (κ1) is 25.2. The molecule has 10 heteroatoms. The van der Waals surface area contributed by atoms with Crippen molar-refractivity contribution in [2.24, 2.45) is 0 Å². The third-order valence-electron chi connectivity index (χ3n) is 7.35. The number of rotatable bonds is 7. The van der Waals surface area contributed by atoms with Gasteiger partial charge in [0.15, 0.2) is 0 Å². The standard InChI is InChI=1S/C29H29N5O4S/c1-2-23(35)31-20-9-6-10-21(20)32-27(36)26-25-24-22(15-16-30-28(24)39-26)34(29(37)33-25)17-11-13-19(14-12-17)38-18-7-4-3-5-8-18/h3-5,7-8,11-16,20-21,25-26H,2,6,9-10H2,1H3,(H,31,35)(H,32,36)(H,33,37)/t20-,21+,25?,26?/m0/s1. The molecule has 39 heavy (non-hydrogen) atoms. The summed E-state index contributed by atoms with van der Waals surface area (Å²) < 4.78 is 5.89. The predicted molar refractivity (Wildman–Crippen MR) is 148 cm³/mol. The molecule has 1 aromatic heterocycles. The van der Waals surface area contributed by atoms with Crippen LogP contribution in [0.25, 0.3) is 0 Å². The first-order valence-corrected chi connectivity index (χ1v) is 14.1. The summed E-state index contributed by atoms with van der Waals surface area (Å²) in [7, 11) is 0. The minimum atomic E-state index is -0.551. The first-order valence-electron chi connectivity index (χ1n) is 13.2. The number of para-hydroxylation sites is 1. The van der Waals surface area contributed by atoms with Crippen molar-refractivity contribution in [2.75, 3.05) is 4.90 Å². The topological polar surface area (TPSA) is 113 Å². The summed E-state index contributed by atoms with van der Waals surface area (Å²) in [5.74, 6) is 1.21. The number of nitrogens with one attached hydrogen (secondary N) is 3. The van der Waals surface area contributed by atoms with Gasteiger partial charge in [-0.15, -0.1) is 0 Å². The van der Waals surface area contributed by atoms with Crippen LogP contribution in [0.1, 0.15) is 44.2 Å². The Hall–Kier alpha value is -4.05. The Morgan fingerprint density at radius 2 is 1.74 bits per heavy atom. The highest BCUT2D eigenvalue weighted by Gasteiger charge is 2.47. The van der Waals surface area contributed by atoms with E-state index in [-0.39, 0.29) is 29.9 Å². The third kappa shape index (κ3) is 4.92. The molecule has 200 valence electrons. The Balaban J connectivity index is 1.20. The normalized spacial score (nSPS) is 23.1. The zero-order valence-corrected chi connectivity index (χ0v) is 22.2. The van der Waals surface area contributed by atoms with E-state index in [0.29, 0.717) is 23.5 Å². The average molecular weight is 544 g/mol. The highest BCUT2D eigenvalue weighted by molar-refractivity contribution is 8.01. The highest BCUT2D eigenvalue weighted by Crippen LogP contribution is 2.50. The fraction of sp³-hybridized carbons (Fsp3) is 0.310. The molecule has 1 fully saturated rings. The molecule has 1 aliphatic carbocycles. The second kappa shape index (κ2) is 10.6. The van der Waals surface area contributed by atoms with Gasteiger partial charge in [0.2, 0.25) is 11.8 Å². The molecule has 3 N–H and O–H groups in total. The van der Waals surface area contributed by atoms with Crippen molar-refractivity contribution >= 4 is 41.0 Å². The summed E-state index contributed by atoms with van der Waals surface area (Å²) in [5.41, 5.74) is 2.23. The van der Waals surface area contributed by atoms with Gasteiger partial charge < -0.3 is 20.7 Å². The summed E-state index contributed by atoms with van der Waals surface area (Å²) in [6.45, 7) is 1.82. The number of aromatic nitrogens is 1. The number of benzene rings is 2. The van der Waals surface area contributed by atoms with E-state index < -0.39 is 11.3 Å². The van der Waals surface area contributed by atoms with Crippen molar-refractivity contribution in [3.63, 3.8) is 0 Å². The number of nitrogens with zero attached hydrogens (tertiary/aromatic N) is 2. The Bertz CT molecular complexity index is 1400. The molecule has 4 atom stereocenters. The Morgan fingerprint density at radius 1 is 1.03 bits per heavy atom. The molecule has 1 saturated carbocycles. The lowest BCUT2D eigenvalue weighted by atomic mass is 9.99. The van der Waals surface area contributed by atoms with Crippen molar-refractivity contribution < 1.29 is 19.1 Å². The molecule has 0 saturated heterocycles. The lowest BCUT2D eigenvalue weighted by Gasteiger charge is -2.34. The zero-order chi connectivity index (χ0) is 26.9. The fourth-order valence-electron chi connectivity index (χ4n) is 5.45. The van der Waals surface area contributed by atoms with E-state index in [1.165, 1.54) is 11.8 Å². The number of pyridine rings is 1. The van der Waals surface area contributed by atoms with E-state index in [4.69, 9.17) is 4.74 Å². The summed E-state index contributed by atoms with van der Waals surface area (Å²) >= 11 is 1.37. The number of urea groups is 1. The van der Waals surface area contributed by atoms with Gasteiger partial charge >= 0.3 is 6.03 Å². The van der Waals surface area contributed by atoms with Crippen molar-refractivity contribution in [3.05, 3.63) is 72.4 Å². The monoisotopic (exact) mass is 543 g/mol. The molecule has 0 bridgehead atoms. The molecule has 3 aromatic rings. The molecule has 3 heterocycles. The molecular weight excluding hydrogens is 514 g/mol. The summed E-state index contributed by atoms with van der Waals surface area (Å²) in [6.07, 6.45) is 4.67. The highest BCUT2D eigenvalue weighted by atomic mass is 32.2. The number of carbonyl (C=O) groups excluding carboxylic acids is 3. The number of hydrogen-bond acceptors (Lipinski definition) is 6. The van der Waals surface area contributed by atoms with E-state index >= 15 is 0 Å². The van der Waals surface area contributed by atoms with Crippen LogP contribution < -0.4 is 25.6 Å². The number of thioether (sulfide) groups is 1. The van der Waals surface area contributed by atoms with E-state index in [1.54, 1.807) is 11.1 Å². The minimum absolute atomic E-state index is 0.0167. The fourth-order valence-corrected chi connectivity index (χ4v) is 6.68. The van der Waals surface area contributed by atoms with Crippen molar-refractivity contribution in [1.82, 2.24) is 20.9 Å². The smallest absolute Gasteiger partial charge is 0.327 e. The van der Waals surface area contributed by atoms with Crippen molar-refractivity contribution in [2.45, 2.75) is 61.0 Å². The van der Waals surface area contributed by atoms with Gasteiger partial charge in [0.1, 0.15) is 21.8 Å². The molecule has 6 rings (SSSR count). The van der Waals surface area contributed by atoms with Gasteiger partial charge in [-0.3, -0.25) is 14.5 Å². The predicted octanol–water partition coefficient (Wildman–Crippen LogP) is 4.81. The SMILES string of the molecule is CCC(=O)N[C@H]1CCC[C@H]1NC(=O)C1Sc2nccc3c2C1NC(=O)N3c1ccc(Oc2ccccc2)cc1. The molecule has 9 nitrogen and oxygen atoms in total. The number of anilines is 2. The zero-order valence-electron chi connectivity index (χ0n) is 21.4. The molecule has 2 unspecified atom stereocenters. The second-order valence-electron chi connectivity index (χ2n) is 9.83. The lowest BCUT2D eigenvalue weighted by molar-refractivity contribution is -0.124. The van der Waals surface area contributed by atoms with E-state index in [0.717, 1.165) is 35.6 Å². The van der Waals surface area contributed by atoms with Crippen molar-refractivity contribution in [1.29, 1.82) is 0 Å². The van der Waals surface area contributed by atoms with Gasteiger partial charge in [-0.2, -0.15) is 0 Å². The molecule has 3 aliphatic rings. The summed E-state index contributed by atoms with van der Waals surface area (Å²) in [5, 5.41) is 9.40. The Labute approximate surface area is 230 Å². The Kier molecular flexibility index (Phi) is 6.86. The largest absolute Gasteiger partial charge is 0.457 e. The van der Waals surface area contributed by atoms with Crippen LogP contribution in [0, 0.1) is 0 Å². The van der Waals surface area contributed by atoms with Crippen LogP contribution in [-0.2, 0) is 9.59 Å². The minimum Gasteiger partial charge on any atom is -0.457 e. The molecule has 2 aromatic carbocycles. The second-order valence-corrected chi connectivity index (χ2v) is 11.0. The van der Waals surface area contributed by atoms with E-state index in [1.807, 2.05) is 67.6 Å². The Morgan fingerprint density at radius 3 is 2.49 bits per heavy atom. The van der Waals surface area contributed by atoms with Crippen LogP contribution in [-0.4, -0.2) is 40.2 Å². The van der Waals surface area contributed by atoms with E-state index in [9.17, 15) is 14.4 Å². The van der Waals surface area contributed by atoms with Crippen LogP contribution in [0.15, 0.2) is 71.9 Å². The van der Waals surface area contributed by atoms with Crippen LogP contribution >= 0.6 is 11.8 Å². The maximum Gasteiger partial charge on any atom is 0.327 e. The van der Waals surface area contributed by atoms with Crippen LogP contribution in [0.4, 0.5) is 16.2 Å². The number of ether oxygens (including phenoxy) is 1. The summed E-state index contributed by atoms with van der Waals surface area (Å²) in [4.78, 5) is 45.0. The van der Waals surface area contributed by atoms with Crippen LogP contribution in [0.2, 0.25) is 0 Å². The van der Waals surface area contributed by atoms with Crippen molar-refractivity contribution in [3.8, 4) is 11.5 Å². The number of amides is 4. The first-order chi connectivity index (χ1) is 19.0. The molecule has 2 aliphatic heterocycles. The maximum absolute atomic E-state index is 13.5. The van der Waals surface area contributed by atoms with Gasteiger partial charge in [0.05, 0.1) is 17.4 Å². The number of carbonyl (C=O) groups is 3. The van der Waals surface area contributed by atoms with Gasteiger partial charge in [-0.25, -0.2) is 9.78 Å². The quantitative estimate of drug-likeness (QED) is 0.394. The number of hydrogen-bond donors (Lipinski definition) is 3. The third-order valence-corrected chi connectivity index (χ3v) is 8.64. The molecule has 4 amide bonds. The van der Waals surface area contributed by atoms with Crippen LogP contribution in [0.3, 0.4) is 0 Å². The van der Waals surface area contributed by atoms with Gasteiger partial charge in [-0.1, -0.05) is 36.9 Å². The van der Waals surface area contributed by atoms with Gasteiger partial charge in [-0.05, 0) is 61.7 Å². The molecular formula is C29H29N5O4S. The lowest BCUT2D eigenvalue weighted by Crippen LogP contribution is -2.53. The van der Waals surface area contributed by atoms with Gasteiger partial charge in [0, 0.05) is 30.3 Å². The van der Waals surface area contributed by atoms with E-state index in [2.05, 4.69) is 20.9 Å². The molecule has 0 radical (unpaired) electrons. The van der Waals surface area contributed by atoms with Crippen LogP contribution in [0.5, 0.6) is 11.5 Å².